The Morgan fingerprint density at radius 2 is 1.62 bits per heavy atom. The first kappa shape index (κ1) is 17.7. The van der Waals surface area contributed by atoms with Crippen LogP contribution in [-0.4, -0.2) is 26.2 Å². The van der Waals surface area contributed by atoms with E-state index in [-0.39, 0.29) is 5.91 Å². The van der Waals surface area contributed by atoms with Gasteiger partial charge in [0.15, 0.2) is 11.5 Å². The topological polar surface area (TPSA) is 59.6 Å². The van der Waals surface area contributed by atoms with Gasteiger partial charge in [0.1, 0.15) is 6.04 Å². The molecule has 0 aromatic heterocycles. The molecule has 0 saturated heterocycles. The molecule has 2 rings (SSSR count). The average molecular weight is 328 g/mol. The molecule has 1 amide bonds. The van der Waals surface area contributed by atoms with Gasteiger partial charge in [-0.25, -0.2) is 0 Å². The first-order chi connectivity index (χ1) is 11.6. The number of hydrogen-bond acceptors (Lipinski definition) is 4. The van der Waals surface area contributed by atoms with Gasteiger partial charge in [-0.2, -0.15) is 0 Å². The van der Waals surface area contributed by atoms with Gasteiger partial charge in [-0.3, -0.25) is 4.79 Å². The van der Waals surface area contributed by atoms with Crippen molar-refractivity contribution in [3.05, 3.63) is 48.0 Å². The highest BCUT2D eigenvalue weighted by atomic mass is 16.5. The lowest BCUT2D eigenvalue weighted by atomic mass is 10.1. The fourth-order valence-corrected chi connectivity index (χ4v) is 2.32. The van der Waals surface area contributed by atoms with E-state index in [1.807, 2.05) is 37.3 Å². The molecule has 0 spiro atoms. The van der Waals surface area contributed by atoms with Gasteiger partial charge in [-0.1, -0.05) is 19.1 Å². The number of amides is 1. The summed E-state index contributed by atoms with van der Waals surface area (Å²) >= 11 is 0. The van der Waals surface area contributed by atoms with Gasteiger partial charge in [-0.15, -0.1) is 0 Å². The van der Waals surface area contributed by atoms with Gasteiger partial charge in [0.2, 0.25) is 5.91 Å². The lowest BCUT2D eigenvalue weighted by molar-refractivity contribution is -0.116. The monoisotopic (exact) mass is 328 g/mol. The third-order valence-electron chi connectivity index (χ3n) is 3.79. The number of carbonyl (C=O) groups excluding carboxylic acids is 1. The van der Waals surface area contributed by atoms with Gasteiger partial charge < -0.3 is 20.1 Å². The number of ether oxygens (including phenoxy) is 2. The van der Waals surface area contributed by atoms with E-state index >= 15 is 0 Å². The molecule has 128 valence electrons. The fourth-order valence-electron chi connectivity index (χ4n) is 2.32. The molecule has 0 aliphatic carbocycles. The summed E-state index contributed by atoms with van der Waals surface area (Å²) in [7, 11) is 3.17. The van der Waals surface area contributed by atoms with Crippen LogP contribution < -0.4 is 20.1 Å². The highest BCUT2D eigenvalue weighted by molar-refractivity contribution is 5.96. The van der Waals surface area contributed by atoms with Crippen molar-refractivity contribution in [2.75, 3.05) is 24.9 Å². The lowest BCUT2D eigenvalue weighted by Gasteiger charge is -2.17. The normalized spacial score (nSPS) is 11.5. The van der Waals surface area contributed by atoms with Crippen molar-refractivity contribution < 1.29 is 14.3 Å². The molecule has 0 fully saturated rings. The zero-order valence-corrected chi connectivity index (χ0v) is 14.6. The summed E-state index contributed by atoms with van der Waals surface area (Å²) in [5.41, 5.74) is 2.82. The SMILES string of the molecule is CCc1ccc(NC(=O)[C@H](C)Nc2ccc(OC)c(OC)c2)cc1. The highest BCUT2D eigenvalue weighted by Crippen LogP contribution is 2.30. The molecule has 2 aromatic carbocycles. The van der Waals surface area contributed by atoms with Gasteiger partial charge >= 0.3 is 0 Å². The third-order valence-corrected chi connectivity index (χ3v) is 3.79. The van der Waals surface area contributed by atoms with Crippen molar-refractivity contribution in [3.8, 4) is 11.5 Å². The predicted molar refractivity (Wildman–Crippen MR) is 97.1 cm³/mol. The standard InChI is InChI=1S/C19H24N2O3/c1-5-14-6-8-15(9-7-14)21-19(22)13(2)20-16-10-11-17(23-3)18(12-16)24-4/h6-13,20H,5H2,1-4H3,(H,21,22)/t13-/m0/s1. The summed E-state index contributed by atoms with van der Waals surface area (Å²) in [4.78, 5) is 12.3. The van der Waals surface area contributed by atoms with Crippen LogP contribution >= 0.6 is 0 Å². The molecule has 0 aliphatic rings. The number of benzene rings is 2. The summed E-state index contributed by atoms with van der Waals surface area (Å²) in [5, 5.41) is 6.07. The van der Waals surface area contributed by atoms with Crippen LogP contribution in [-0.2, 0) is 11.2 Å². The maximum absolute atomic E-state index is 12.3. The van der Waals surface area contributed by atoms with Gasteiger partial charge in [-0.05, 0) is 43.2 Å². The molecule has 2 aromatic rings. The Morgan fingerprint density at radius 3 is 2.21 bits per heavy atom. The van der Waals surface area contributed by atoms with Gasteiger partial charge in [0.25, 0.3) is 0 Å². The molecule has 0 unspecified atom stereocenters. The number of nitrogens with one attached hydrogen (secondary N) is 2. The first-order valence-corrected chi connectivity index (χ1v) is 7.95. The molecule has 0 saturated carbocycles. The number of rotatable bonds is 7. The molecular formula is C19H24N2O3. The van der Waals surface area contributed by atoms with Crippen LogP contribution in [0.15, 0.2) is 42.5 Å². The smallest absolute Gasteiger partial charge is 0.246 e. The van der Waals surface area contributed by atoms with Crippen LogP contribution in [0.3, 0.4) is 0 Å². The second-order valence-electron chi connectivity index (χ2n) is 5.48. The summed E-state index contributed by atoms with van der Waals surface area (Å²) in [5.74, 6) is 1.16. The number of carbonyl (C=O) groups is 1. The molecule has 5 heteroatoms. The maximum Gasteiger partial charge on any atom is 0.246 e. The Labute approximate surface area is 143 Å². The maximum atomic E-state index is 12.3. The minimum Gasteiger partial charge on any atom is -0.493 e. The second-order valence-corrected chi connectivity index (χ2v) is 5.48. The van der Waals surface area contributed by atoms with Gasteiger partial charge in [0.05, 0.1) is 14.2 Å². The fraction of sp³-hybridized carbons (Fsp3) is 0.316. The largest absolute Gasteiger partial charge is 0.493 e. The molecular weight excluding hydrogens is 304 g/mol. The van der Waals surface area contributed by atoms with Crippen molar-refractivity contribution in [1.29, 1.82) is 0 Å². The highest BCUT2D eigenvalue weighted by Gasteiger charge is 2.14. The van der Waals surface area contributed by atoms with Crippen LogP contribution in [0.25, 0.3) is 0 Å². The van der Waals surface area contributed by atoms with Crippen LogP contribution in [0.1, 0.15) is 19.4 Å². The Kier molecular flexibility index (Phi) is 6.07. The zero-order chi connectivity index (χ0) is 17.5. The first-order valence-electron chi connectivity index (χ1n) is 7.95. The molecule has 0 heterocycles. The Morgan fingerprint density at radius 1 is 1.00 bits per heavy atom. The second kappa shape index (κ2) is 8.24. The summed E-state index contributed by atoms with van der Waals surface area (Å²) < 4.78 is 10.5. The molecule has 1 atom stereocenters. The predicted octanol–water partition coefficient (Wildman–Crippen LogP) is 3.71. The number of anilines is 2. The average Bonchev–Trinajstić information content (AvgIpc) is 2.62. The summed E-state index contributed by atoms with van der Waals surface area (Å²) in [6.45, 7) is 3.91. The molecule has 0 aliphatic heterocycles. The van der Waals surface area contributed by atoms with Crippen molar-refractivity contribution in [2.24, 2.45) is 0 Å². The van der Waals surface area contributed by atoms with E-state index in [1.54, 1.807) is 26.4 Å². The van der Waals surface area contributed by atoms with E-state index in [4.69, 9.17) is 9.47 Å². The van der Waals surface area contributed by atoms with Crippen LogP contribution in [0.2, 0.25) is 0 Å². The number of hydrogen-bond donors (Lipinski definition) is 2. The Bertz CT molecular complexity index is 684. The quantitative estimate of drug-likeness (QED) is 0.813. The van der Waals surface area contributed by atoms with E-state index in [0.29, 0.717) is 11.5 Å². The molecule has 0 bridgehead atoms. The number of methoxy groups -OCH3 is 2. The Balaban J connectivity index is 2.00. The number of aryl methyl sites for hydroxylation is 1. The van der Waals surface area contributed by atoms with E-state index in [1.165, 1.54) is 5.56 Å². The zero-order valence-electron chi connectivity index (χ0n) is 14.6. The Hall–Kier alpha value is -2.69. The van der Waals surface area contributed by atoms with Gasteiger partial charge in [0, 0.05) is 17.4 Å². The van der Waals surface area contributed by atoms with Crippen LogP contribution in [0, 0.1) is 0 Å². The van der Waals surface area contributed by atoms with E-state index < -0.39 is 6.04 Å². The third kappa shape index (κ3) is 4.41. The summed E-state index contributed by atoms with van der Waals surface area (Å²) in [6.07, 6.45) is 0.978. The molecule has 2 N–H and O–H groups in total. The van der Waals surface area contributed by atoms with Crippen molar-refractivity contribution >= 4 is 17.3 Å². The van der Waals surface area contributed by atoms with E-state index in [0.717, 1.165) is 17.8 Å². The van der Waals surface area contributed by atoms with Crippen LogP contribution in [0.4, 0.5) is 11.4 Å². The van der Waals surface area contributed by atoms with E-state index in [2.05, 4.69) is 17.6 Å². The molecule has 24 heavy (non-hydrogen) atoms. The van der Waals surface area contributed by atoms with Crippen molar-refractivity contribution in [2.45, 2.75) is 26.3 Å². The minimum absolute atomic E-state index is 0.103. The summed E-state index contributed by atoms with van der Waals surface area (Å²) in [6, 6.07) is 12.9. The van der Waals surface area contributed by atoms with Crippen molar-refractivity contribution in [1.82, 2.24) is 0 Å². The van der Waals surface area contributed by atoms with E-state index in [9.17, 15) is 4.79 Å². The molecule has 5 nitrogen and oxygen atoms in total. The molecule has 0 radical (unpaired) electrons. The minimum atomic E-state index is -0.394. The van der Waals surface area contributed by atoms with Crippen molar-refractivity contribution in [3.63, 3.8) is 0 Å². The lowest BCUT2D eigenvalue weighted by Crippen LogP contribution is -2.31. The van der Waals surface area contributed by atoms with Crippen LogP contribution in [0.5, 0.6) is 11.5 Å².